The molecule has 0 unspecified atom stereocenters. The fraction of sp³-hybridized carbons (Fsp3) is 0.875. The minimum atomic E-state index is 0.216. The molecular formula is C8H13NO. The summed E-state index contributed by atoms with van der Waals surface area (Å²) in [6.07, 6.45) is 3.11. The lowest BCUT2D eigenvalue weighted by Crippen LogP contribution is -2.33. The summed E-state index contributed by atoms with van der Waals surface area (Å²) < 4.78 is 0. The van der Waals surface area contributed by atoms with Crippen LogP contribution >= 0.6 is 0 Å². The van der Waals surface area contributed by atoms with Crippen molar-refractivity contribution >= 4 is 5.78 Å². The van der Waals surface area contributed by atoms with Crippen LogP contribution in [0.2, 0.25) is 0 Å². The van der Waals surface area contributed by atoms with Gasteiger partial charge in [0.15, 0.2) is 0 Å². The van der Waals surface area contributed by atoms with Gasteiger partial charge in [0.1, 0.15) is 5.78 Å². The number of piperidine rings is 1. The molecule has 1 saturated heterocycles. The normalized spacial score (nSPS) is 43.1. The maximum Gasteiger partial charge on any atom is 0.149 e. The van der Waals surface area contributed by atoms with Gasteiger partial charge in [0, 0.05) is 12.5 Å². The first-order valence-electron chi connectivity index (χ1n) is 4.10. The molecule has 0 amide bonds. The van der Waals surface area contributed by atoms with Crippen LogP contribution in [0.5, 0.6) is 0 Å². The molecule has 1 aliphatic carbocycles. The van der Waals surface area contributed by atoms with E-state index in [1.807, 2.05) is 6.92 Å². The Balaban J connectivity index is 1.90. The van der Waals surface area contributed by atoms with E-state index in [0.29, 0.717) is 18.2 Å². The first kappa shape index (κ1) is 6.35. The largest absolute Gasteiger partial charge is 0.304 e. The van der Waals surface area contributed by atoms with Crippen molar-refractivity contribution in [3.8, 4) is 0 Å². The number of nitrogens with one attached hydrogen (secondary N) is 1. The van der Waals surface area contributed by atoms with Crippen molar-refractivity contribution in [3.05, 3.63) is 0 Å². The Morgan fingerprint density at radius 2 is 2.40 bits per heavy atom. The van der Waals surface area contributed by atoms with Gasteiger partial charge in [-0.15, -0.1) is 0 Å². The minimum absolute atomic E-state index is 0.216. The van der Waals surface area contributed by atoms with Crippen molar-refractivity contribution in [1.82, 2.24) is 5.32 Å². The number of carbonyl (C=O) groups excluding carboxylic acids is 1. The van der Waals surface area contributed by atoms with E-state index in [1.165, 1.54) is 6.42 Å². The minimum Gasteiger partial charge on any atom is -0.304 e. The Bertz CT molecular complexity index is 157. The maximum absolute atomic E-state index is 11.1. The van der Waals surface area contributed by atoms with E-state index in [2.05, 4.69) is 5.32 Å². The summed E-state index contributed by atoms with van der Waals surface area (Å²) in [5, 5.41) is 3.33. The second kappa shape index (κ2) is 2.06. The number of Topliss-reactive ketones (excluding diaryl/α,β-unsaturated/α-hetero) is 1. The van der Waals surface area contributed by atoms with Crippen LogP contribution in [0.3, 0.4) is 0 Å². The Labute approximate surface area is 61.0 Å². The lowest BCUT2D eigenvalue weighted by atomic mass is 10.1. The van der Waals surface area contributed by atoms with Gasteiger partial charge in [0.05, 0.1) is 6.04 Å². The molecule has 2 nitrogen and oxygen atoms in total. The first-order valence-corrected chi connectivity index (χ1v) is 4.10. The molecule has 1 N–H and O–H groups in total. The second-order valence-corrected chi connectivity index (χ2v) is 3.38. The zero-order valence-electron chi connectivity index (χ0n) is 6.26. The van der Waals surface area contributed by atoms with Crippen LogP contribution in [0.25, 0.3) is 0 Å². The van der Waals surface area contributed by atoms with Crippen molar-refractivity contribution in [2.75, 3.05) is 0 Å². The highest BCUT2D eigenvalue weighted by Gasteiger charge is 2.47. The first-order chi connectivity index (χ1) is 4.81. The van der Waals surface area contributed by atoms with Gasteiger partial charge in [0.2, 0.25) is 0 Å². The molecule has 3 atom stereocenters. The number of fused-ring (bicyclic) bond motifs is 1. The molecule has 0 aromatic carbocycles. The molecule has 0 radical (unpaired) electrons. The average molecular weight is 139 g/mol. The van der Waals surface area contributed by atoms with Crippen molar-refractivity contribution < 1.29 is 4.79 Å². The predicted molar refractivity (Wildman–Crippen MR) is 38.7 cm³/mol. The van der Waals surface area contributed by atoms with Crippen molar-refractivity contribution in [2.24, 2.45) is 5.92 Å². The van der Waals surface area contributed by atoms with E-state index in [1.54, 1.807) is 0 Å². The standard InChI is InChI=1S/C8H13NO/c1-2-8(10)7-4-5-3-6(5)9-7/h5-7,9H,2-4H2,1H3/t5-,6-,7-/m0/s1. The highest BCUT2D eigenvalue weighted by molar-refractivity contribution is 5.84. The molecule has 56 valence electrons. The fourth-order valence-corrected chi connectivity index (χ4v) is 1.81. The van der Waals surface area contributed by atoms with Gasteiger partial charge in [-0.25, -0.2) is 0 Å². The molecule has 2 fully saturated rings. The summed E-state index contributed by atoms with van der Waals surface area (Å²) in [6.45, 7) is 1.94. The summed E-state index contributed by atoms with van der Waals surface area (Å²) in [4.78, 5) is 11.1. The molecule has 1 saturated carbocycles. The highest BCUT2D eigenvalue weighted by Crippen LogP contribution is 2.40. The summed E-state index contributed by atoms with van der Waals surface area (Å²) >= 11 is 0. The third-order valence-corrected chi connectivity index (χ3v) is 2.61. The van der Waals surface area contributed by atoms with Crippen LogP contribution in [-0.2, 0) is 4.79 Å². The Morgan fingerprint density at radius 3 is 2.90 bits per heavy atom. The molecule has 0 aromatic heterocycles. The van der Waals surface area contributed by atoms with Gasteiger partial charge >= 0.3 is 0 Å². The lowest BCUT2D eigenvalue weighted by molar-refractivity contribution is -0.120. The molecule has 2 heteroatoms. The van der Waals surface area contributed by atoms with E-state index in [0.717, 1.165) is 12.3 Å². The number of hydrogen-bond acceptors (Lipinski definition) is 2. The molecule has 0 bridgehead atoms. The van der Waals surface area contributed by atoms with E-state index in [4.69, 9.17) is 0 Å². The maximum atomic E-state index is 11.1. The molecule has 10 heavy (non-hydrogen) atoms. The molecule has 1 aliphatic heterocycles. The molecule has 2 aliphatic rings. The van der Waals surface area contributed by atoms with Gasteiger partial charge in [-0.2, -0.15) is 0 Å². The van der Waals surface area contributed by atoms with Crippen molar-refractivity contribution in [3.63, 3.8) is 0 Å². The number of ketones is 1. The molecular weight excluding hydrogens is 126 g/mol. The van der Waals surface area contributed by atoms with Crippen LogP contribution in [0.15, 0.2) is 0 Å². The van der Waals surface area contributed by atoms with Gasteiger partial charge in [-0.1, -0.05) is 6.92 Å². The van der Waals surface area contributed by atoms with Crippen LogP contribution in [0, 0.1) is 5.92 Å². The van der Waals surface area contributed by atoms with Gasteiger partial charge in [-0.05, 0) is 18.8 Å². The zero-order chi connectivity index (χ0) is 7.14. The Hall–Kier alpha value is -0.370. The van der Waals surface area contributed by atoms with Gasteiger partial charge in [0.25, 0.3) is 0 Å². The van der Waals surface area contributed by atoms with Gasteiger partial charge in [-0.3, -0.25) is 4.79 Å². The molecule has 0 aromatic rings. The van der Waals surface area contributed by atoms with E-state index < -0.39 is 0 Å². The molecule has 1 heterocycles. The topological polar surface area (TPSA) is 29.1 Å². The average Bonchev–Trinajstić information content (AvgIpc) is 2.57. The third kappa shape index (κ3) is 0.870. The highest BCUT2D eigenvalue weighted by atomic mass is 16.1. The Kier molecular flexibility index (Phi) is 1.31. The van der Waals surface area contributed by atoms with Gasteiger partial charge < -0.3 is 5.32 Å². The second-order valence-electron chi connectivity index (χ2n) is 3.38. The van der Waals surface area contributed by atoms with Crippen molar-refractivity contribution in [1.29, 1.82) is 0 Å². The molecule has 0 spiro atoms. The van der Waals surface area contributed by atoms with Crippen LogP contribution in [0.1, 0.15) is 26.2 Å². The lowest BCUT2D eigenvalue weighted by Gasteiger charge is -2.08. The monoisotopic (exact) mass is 139 g/mol. The van der Waals surface area contributed by atoms with E-state index in [9.17, 15) is 4.79 Å². The van der Waals surface area contributed by atoms with Crippen LogP contribution in [-0.4, -0.2) is 17.9 Å². The summed E-state index contributed by atoms with van der Waals surface area (Å²) in [5.74, 6) is 1.24. The van der Waals surface area contributed by atoms with E-state index >= 15 is 0 Å². The number of rotatable bonds is 2. The zero-order valence-corrected chi connectivity index (χ0v) is 6.26. The SMILES string of the molecule is CCC(=O)[C@@H]1C[C@@H]2C[C@@H]2N1. The summed E-state index contributed by atoms with van der Waals surface area (Å²) in [6, 6.07) is 0.925. The third-order valence-electron chi connectivity index (χ3n) is 2.61. The van der Waals surface area contributed by atoms with Crippen LogP contribution < -0.4 is 5.32 Å². The number of carbonyl (C=O) groups is 1. The Morgan fingerprint density at radius 1 is 1.60 bits per heavy atom. The smallest absolute Gasteiger partial charge is 0.149 e. The summed E-state index contributed by atoms with van der Waals surface area (Å²) in [5.41, 5.74) is 0. The predicted octanol–water partition coefficient (Wildman–Crippen LogP) is 0.716. The number of hydrogen-bond donors (Lipinski definition) is 1. The summed E-state index contributed by atoms with van der Waals surface area (Å²) in [7, 11) is 0. The van der Waals surface area contributed by atoms with Crippen LogP contribution in [0.4, 0.5) is 0 Å². The van der Waals surface area contributed by atoms with E-state index in [-0.39, 0.29) is 6.04 Å². The quantitative estimate of drug-likeness (QED) is 0.610. The van der Waals surface area contributed by atoms with Crippen molar-refractivity contribution in [2.45, 2.75) is 38.3 Å². The fourth-order valence-electron chi connectivity index (χ4n) is 1.81. The molecule has 2 rings (SSSR count).